The summed E-state index contributed by atoms with van der Waals surface area (Å²) in [6, 6.07) is 0. The normalized spacial score (nSPS) is 11.2. The molecule has 0 spiro atoms. The van der Waals surface area contributed by atoms with Gasteiger partial charge in [-0.1, -0.05) is 92.8 Å². The number of benzene rings is 2. The fourth-order valence-electron chi connectivity index (χ4n) is 2.21. The molecule has 2 rings (SSSR count). The van der Waals surface area contributed by atoms with E-state index in [0.29, 0.717) is 30.4 Å². The molecule has 2 aromatic rings. The lowest BCUT2D eigenvalue weighted by atomic mass is 10.0. The fourth-order valence-corrected chi connectivity index (χ4v) is 4.35. The summed E-state index contributed by atoms with van der Waals surface area (Å²) < 4.78 is 0. The van der Waals surface area contributed by atoms with Crippen molar-refractivity contribution in [1.82, 2.24) is 0 Å². The van der Waals surface area contributed by atoms with Crippen LogP contribution in [0.2, 0.25) is 40.2 Å². The Morgan fingerprint density at radius 1 is 0.440 bits per heavy atom. The predicted molar refractivity (Wildman–Crippen MR) is 108 cm³/mol. The third-order valence-corrected chi connectivity index (χ3v) is 7.04. The summed E-state index contributed by atoms with van der Waals surface area (Å²) in [6.07, 6.45) is 1.24. The zero-order chi connectivity index (χ0) is 19.0. The maximum absolute atomic E-state index is 9.74. The molecule has 0 amide bonds. The van der Waals surface area contributed by atoms with Gasteiger partial charge in [-0.3, -0.25) is 0 Å². The topological polar surface area (TPSA) is 40.5 Å². The smallest absolute Gasteiger partial charge is 0.155 e. The van der Waals surface area contributed by atoms with Gasteiger partial charge in [0.2, 0.25) is 0 Å². The standard InChI is InChI=1S/C15H8Cl8O2/c16-6-4(7(17)11(21)14(24)10(6)20)2-1-3-5-8(18)12(22)15(25)13(23)9(5)19/h24-25H,1-3H2. The highest BCUT2D eigenvalue weighted by Gasteiger charge is 2.22. The van der Waals surface area contributed by atoms with Gasteiger partial charge in [0.1, 0.15) is 20.1 Å². The summed E-state index contributed by atoms with van der Waals surface area (Å²) in [5.41, 5.74) is 0.971. The molecule has 10 heteroatoms. The molecule has 0 unspecified atom stereocenters. The number of halogens is 8. The Balaban J connectivity index is 2.29. The maximum atomic E-state index is 9.74. The second kappa shape index (κ2) is 8.58. The van der Waals surface area contributed by atoms with Gasteiger partial charge in [-0.25, -0.2) is 0 Å². The van der Waals surface area contributed by atoms with Gasteiger partial charge in [-0.2, -0.15) is 0 Å². The molecule has 0 fully saturated rings. The predicted octanol–water partition coefficient (Wildman–Crippen LogP) is 8.50. The largest absolute Gasteiger partial charge is 0.505 e. The highest BCUT2D eigenvalue weighted by molar-refractivity contribution is 6.50. The van der Waals surface area contributed by atoms with Crippen LogP contribution in [0.3, 0.4) is 0 Å². The van der Waals surface area contributed by atoms with E-state index in [0.717, 1.165) is 0 Å². The van der Waals surface area contributed by atoms with Crippen LogP contribution >= 0.6 is 92.8 Å². The molecule has 0 heterocycles. The summed E-state index contributed by atoms with van der Waals surface area (Å²) >= 11 is 48.3. The summed E-state index contributed by atoms with van der Waals surface area (Å²) in [6.45, 7) is 0. The Kier molecular flexibility index (Phi) is 7.43. The molecular formula is C15H8Cl8O2. The van der Waals surface area contributed by atoms with Gasteiger partial charge in [-0.05, 0) is 30.4 Å². The van der Waals surface area contributed by atoms with Crippen molar-refractivity contribution in [3.63, 3.8) is 0 Å². The molecule has 2 aromatic carbocycles. The summed E-state index contributed by atoms with van der Waals surface area (Å²) in [5, 5.41) is 19.7. The van der Waals surface area contributed by atoms with Crippen molar-refractivity contribution in [2.75, 3.05) is 0 Å². The number of hydrogen-bond donors (Lipinski definition) is 2. The Hall–Kier alpha value is 0.360. The molecule has 2 N–H and O–H groups in total. The molecule has 0 aromatic heterocycles. The van der Waals surface area contributed by atoms with Crippen molar-refractivity contribution >= 4 is 92.8 Å². The van der Waals surface area contributed by atoms with Gasteiger partial charge >= 0.3 is 0 Å². The van der Waals surface area contributed by atoms with Crippen molar-refractivity contribution < 1.29 is 10.2 Å². The van der Waals surface area contributed by atoms with E-state index in [1.165, 1.54) is 0 Å². The third-order valence-electron chi connectivity index (χ3n) is 3.52. The fraction of sp³-hybridized carbons (Fsp3) is 0.200. The molecule has 0 radical (unpaired) electrons. The summed E-state index contributed by atoms with van der Waals surface area (Å²) in [5.74, 6) is -0.740. The quantitative estimate of drug-likeness (QED) is 0.411. The minimum absolute atomic E-state index is 0.0714. The van der Waals surface area contributed by atoms with E-state index in [1.54, 1.807) is 0 Å². The van der Waals surface area contributed by atoms with Crippen LogP contribution in [0.15, 0.2) is 0 Å². The van der Waals surface area contributed by atoms with Crippen molar-refractivity contribution in [1.29, 1.82) is 0 Å². The van der Waals surface area contributed by atoms with Gasteiger partial charge in [0.15, 0.2) is 11.5 Å². The van der Waals surface area contributed by atoms with Crippen LogP contribution in [0.1, 0.15) is 17.5 Å². The Bertz CT molecular complexity index is 723. The molecule has 136 valence electrons. The number of phenolic OH excluding ortho intramolecular Hbond substituents is 2. The molecule has 0 bridgehead atoms. The second-order valence-electron chi connectivity index (χ2n) is 5.02. The molecule has 0 aliphatic carbocycles. The Morgan fingerprint density at radius 2 is 0.680 bits per heavy atom. The summed E-state index contributed by atoms with van der Waals surface area (Å²) in [4.78, 5) is 0. The van der Waals surface area contributed by atoms with Gasteiger partial charge in [-0.15, -0.1) is 0 Å². The van der Waals surface area contributed by atoms with E-state index < -0.39 is 0 Å². The number of rotatable bonds is 4. The molecule has 0 saturated carbocycles. The van der Waals surface area contributed by atoms with Crippen LogP contribution < -0.4 is 0 Å². The van der Waals surface area contributed by atoms with E-state index in [9.17, 15) is 10.2 Å². The monoisotopic (exact) mass is 500 g/mol. The van der Waals surface area contributed by atoms with E-state index in [4.69, 9.17) is 92.8 Å². The van der Waals surface area contributed by atoms with Gasteiger partial charge in [0.25, 0.3) is 0 Å². The van der Waals surface area contributed by atoms with E-state index in [-0.39, 0.29) is 51.7 Å². The first kappa shape index (κ1) is 21.7. The SMILES string of the molecule is Oc1c(Cl)c(Cl)c(CCCc2c(Cl)c(Cl)c(O)c(Cl)c2Cl)c(Cl)c1Cl. The molecule has 0 aliphatic rings. The second-order valence-corrected chi connectivity index (χ2v) is 8.04. The van der Waals surface area contributed by atoms with Crippen LogP contribution in [-0.4, -0.2) is 10.2 Å². The van der Waals surface area contributed by atoms with Crippen LogP contribution in [-0.2, 0) is 12.8 Å². The minimum Gasteiger partial charge on any atom is -0.505 e. The lowest BCUT2D eigenvalue weighted by molar-refractivity contribution is 0.475. The Morgan fingerprint density at radius 3 is 0.920 bits per heavy atom. The van der Waals surface area contributed by atoms with E-state index in [1.807, 2.05) is 0 Å². The molecule has 25 heavy (non-hydrogen) atoms. The molecule has 0 saturated heterocycles. The van der Waals surface area contributed by atoms with Crippen LogP contribution in [0, 0.1) is 0 Å². The van der Waals surface area contributed by atoms with Gasteiger partial charge < -0.3 is 10.2 Å². The average molecular weight is 504 g/mol. The molecule has 0 atom stereocenters. The zero-order valence-corrected chi connectivity index (χ0v) is 18.1. The van der Waals surface area contributed by atoms with Crippen LogP contribution in [0.5, 0.6) is 11.5 Å². The number of hydrogen-bond acceptors (Lipinski definition) is 2. The highest BCUT2D eigenvalue weighted by Crippen LogP contribution is 2.47. The third kappa shape index (κ3) is 4.12. The maximum Gasteiger partial charge on any atom is 0.155 e. The number of aromatic hydroxyl groups is 2. The van der Waals surface area contributed by atoms with Crippen molar-refractivity contribution in [2.24, 2.45) is 0 Å². The van der Waals surface area contributed by atoms with Gasteiger partial charge in [0.05, 0.1) is 20.1 Å². The molecular weight excluding hydrogens is 496 g/mol. The highest BCUT2D eigenvalue weighted by atomic mass is 35.5. The van der Waals surface area contributed by atoms with E-state index >= 15 is 0 Å². The average Bonchev–Trinajstić information content (AvgIpc) is 2.60. The first-order valence-corrected chi connectivity index (χ1v) is 9.69. The van der Waals surface area contributed by atoms with E-state index in [2.05, 4.69) is 0 Å². The molecule has 0 aliphatic heterocycles. The zero-order valence-electron chi connectivity index (χ0n) is 12.0. The van der Waals surface area contributed by atoms with Crippen molar-refractivity contribution in [3.05, 3.63) is 51.3 Å². The lowest BCUT2D eigenvalue weighted by Gasteiger charge is -2.14. The summed E-state index contributed by atoms with van der Waals surface area (Å²) in [7, 11) is 0. The van der Waals surface area contributed by atoms with Gasteiger partial charge in [0, 0.05) is 0 Å². The van der Waals surface area contributed by atoms with Crippen molar-refractivity contribution in [2.45, 2.75) is 19.3 Å². The lowest BCUT2D eigenvalue weighted by Crippen LogP contribution is -1.96. The minimum atomic E-state index is -0.370. The Labute approximate surface area is 184 Å². The first-order valence-electron chi connectivity index (χ1n) is 6.67. The molecule has 2 nitrogen and oxygen atoms in total. The van der Waals surface area contributed by atoms with Crippen molar-refractivity contribution in [3.8, 4) is 11.5 Å². The van der Waals surface area contributed by atoms with Crippen LogP contribution in [0.25, 0.3) is 0 Å². The first-order chi connectivity index (χ1) is 11.6. The van der Waals surface area contributed by atoms with Crippen LogP contribution in [0.4, 0.5) is 0 Å². The number of phenols is 2.